The first-order chi connectivity index (χ1) is 13.3. The summed E-state index contributed by atoms with van der Waals surface area (Å²) < 4.78 is 0. The molecule has 0 amide bonds. The van der Waals surface area contributed by atoms with Crippen LogP contribution in [0.1, 0.15) is 42.6 Å². The van der Waals surface area contributed by atoms with Crippen LogP contribution in [0.2, 0.25) is 0 Å². The molecule has 0 bridgehead atoms. The molecule has 148 valence electrons. The van der Waals surface area contributed by atoms with Crippen molar-refractivity contribution >= 4 is 17.9 Å². The number of carboxylic acids is 1. The monoisotopic (exact) mass is 380 g/mol. The molecule has 0 saturated carbocycles. The Labute approximate surface area is 166 Å². The Morgan fingerprint density at radius 1 is 1.11 bits per heavy atom. The molecule has 1 N–H and O–H groups in total. The minimum Gasteiger partial charge on any atom is -0.475 e. The van der Waals surface area contributed by atoms with E-state index < -0.39 is 5.97 Å². The van der Waals surface area contributed by atoms with Gasteiger partial charge in [0.25, 0.3) is 0 Å². The van der Waals surface area contributed by atoms with Crippen LogP contribution in [0.15, 0.2) is 42.5 Å². The Morgan fingerprint density at radius 2 is 1.79 bits per heavy atom. The average molecular weight is 380 g/mol. The molecule has 0 spiro atoms. The third kappa shape index (κ3) is 5.16. The van der Waals surface area contributed by atoms with Crippen LogP contribution < -0.4 is 4.90 Å². The second-order valence-electron chi connectivity index (χ2n) is 8.09. The number of hydrogen-bond donors (Lipinski definition) is 1. The number of piperazine rings is 1. The molecule has 0 unspecified atom stereocenters. The highest BCUT2D eigenvalue weighted by Gasteiger charge is 2.24. The third-order valence-electron chi connectivity index (χ3n) is 4.84. The van der Waals surface area contributed by atoms with Crippen molar-refractivity contribution in [1.29, 1.82) is 0 Å². The Hall–Kier alpha value is -2.73. The molecule has 28 heavy (non-hydrogen) atoms. The van der Waals surface area contributed by atoms with E-state index in [1.807, 2.05) is 45.0 Å². The fourth-order valence-electron chi connectivity index (χ4n) is 3.14. The number of anilines is 1. The minimum absolute atomic E-state index is 0.129. The van der Waals surface area contributed by atoms with Crippen molar-refractivity contribution in [3.63, 3.8) is 0 Å². The number of aromatic carboxylic acids is 1. The molecule has 0 radical (unpaired) electrons. The molecule has 1 aliphatic rings. The van der Waals surface area contributed by atoms with E-state index in [4.69, 9.17) is 0 Å². The zero-order valence-electron chi connectivity index (χ0n) is 16.8. The van der Waals surface area contributed by atoms with E-state index >= 15 is 0 Å². The number of benzene rings is 1. The number of rotatable bonds is 5. The Balaban J connectivity index is 1.63. The van der Waals surface area contributed by atoms with Gasteiger partial charge in [-0.3, -0.25) is 4.90 Å². The summed E-state index contributed by atoms with van der Waals surface area (Å²) in [7, 11) is 0. The fourth-order valence-corrected chi connectivity index (χ4v) is 3.14. The summed E-state index contributed by atoms with van der Waals surface area (Å²) in [6.07, 6.45) is 4.33. The average Bonchev–Trinajstić information content (AvgIpc) is 2.68. The van der Waals surface area contributed by atoms with Gasteiger partial charge in [0.05, 0.1) is 5.69 Å². The van der Waals surface area contributed by atoms with Gasteiger partial charge in [0.15, 0.2) is 0 Å². The van der Waals surface area contributed by atoms with Crippen molar-refractivity contribution in [2.45, 2.75) is 26.2 Å². The second kappa shape index (κ2) is 8.52. The van der Waals surface area contributed by atoms with Crippen molar-refractivity contribution in [2.75, 3.05) is 37.6 Å². The van der Waals surface area contributed by atoms with Crippen LogP contribution in [-0.4, -0.2) is 58.7 Å². The van der Waals surface area contributed by atoms with Gasteiger partial charge in [-0.05, 0) is 5.56 Å². The second-order valence-corrected chi connectivity index (χ2v) is 8.09. The van der Waals surface area contributed by atoms with Crippen LogP contribution in [0.3, 0.4) is 0 Å². The molecule has 1 aromatic carbocycles. The van der Waals surface area contributed by atoms with Gasteiger partial charge in [-0.15, -0.1) is 0 Å². The van der Waals surface area contributed by atoms with Crippen molar-refractivity contribution in [1.82, 2.24) is 14.9 Å². The maximum Gasteiger partial charge on any atom is 0.374 e. The molecule has 0 aliphatic carbocycles. The first-order valence-electron chi connectivity index (χ1n) is 9.65. The van der Waals surface area contributed by atoms with Crippen molar-refractivity contribution in [2.24, 2.45) is 0 Å². The lowest BCUT2D eigenvalue weighted by atomic mass is 9.92. The van der Waals surface area contributed by atoms with Crippen LogP contribution in [-0.2, 0) is 5.41 Å². The van der Waals surface area contributed by atoms with Crippen LogP contribution in [0.5, 0.6) is 0 Å². The lowest BCUT2D eigenvalue weighted by molar-refractivity contribution is 0.0683. The van der Waals surface area contributed by atoms with Crippen molar-refractivity contribution < 1.29 is 9.90 Å². The summed E-state index contributed by atoms with van der Waals surface area (Å²) in [5, 5.41) is 9.37. The standard InChI is InChI=1S/C22H28N4O2/c1-22(2,3)18-16-19(24-20(23-18)21(27)28)26-14-12-25(13-15-26)11-7-10-17-8-5-4-6-9-17/h4-10,16H,11-15H2,1-3H3,(H,27,28)/b10-7+. The summed E-state index contributed by atoms with van der Waals surface area (Å²) in [5.41, 5.74) is 1.73. The quantitative estimate of drug-likeness (QED) is 0.858. The van der Waals surface area contributed by atoms with Gasteiger partial charge >= 0.3 is 5.97 Å². The fraction of sp³-hybridized carbons (Fsp3) is 0.409. The van der Waals surface area contributed by atoms with E-state index in [9.17, 15) is 9.90 Å². The van der Waals surface area contributed by atoms with E-state index in [1.54, 1.807) is 0 Å². The van der Waals surface area contributed by atoms with Gasteiger partial charge < -0.3 is 10.0 Å². The first kappa shape index (κ1) is 20.0. The first-order valence-corrected chi connectivity index (χ1v) is 9.65. The molecule has 6 nitrogen and oxygen atoms in total. The van der Waals surface area contributed by atoms with E-state index in [-0.39, 0.29) is 11.2 Å². The predicted octanol–water partition coefficient (Wildman–Crippen LogP) is 3.31. The highest BCUT2D eigenvalue weighted by Crippen LogP contribution is 2.24. The van der Waals surface area contributed by atoms with E-state index in [0.29, 0.717) is 5.82 Å². The largest absolute Gasteiger partial charge is 0.475 e. The molecule has 1 fully saturated rings. The SMILES string of the molecule is CC(C)(C)c1cc(N2CCN(C/C=C/c3ccccc3)CC2)nc(C(=O)O)n1. The van der Waals surface area contributed by atoms with Gasteiger partial charge in [0, 0.05) is 44.2 Å². The van der Waals surface area contributed by atoms with Crippen molar-refractivity contribution in [3.05, 3.63) is 59.6 Å². The normalized spacial score (nSPS) is 15.9. The Kier molecular flexibility index (Phi) is 6.09. The van der Waals surface area contributed by atoms with E-state index in [2.05, 4.69) is 44.1 Å². The van der Waals surface area contributed by atoms with Gasteiger partial charge in [0.2, 0.25) is 5.82 Å². The molecular weight excluding hydrogens is 352 g/mol. The lowest BCUT2D eigenvalue weighted by Crippen LogP contribution is -2.46. The van der Waals surface area contributed by atoms with E-state index in [1.165, 1.54) is 5.56 Å². The third-order valence-corrected chi connectivity index (χ3v) is 4.84. The van der Waals surface area contributed by atoms with Gasteiger partial charge in [-0.25, -0.2) is 14.8 Å². The summed E-state index contributed by atoms with van der Waals surface area (Å²) in [6, 6.07) is 12.2. The number of carboxylic acid groups (broad SMARTS) is 1. The Morgan fingerprint density at radius 3 is 2.39 bits per heavy atom. The number of carbonyl (C=O) groups is 1. The Bertz CT molecular complexity index is 835. The lowest BCUT2D eigenvalue weighted by Gasteiger charge is -2.35. The maximum atomic E-state index is 11.4. The molecule has 1 saturated heterocycles. The van der Waals surface area contributed by atoms with Gasteiger partial charge in [0.1, 0.15) is 5.82 Å². The molecule has 1 aromatic heterocycles. The molecule has 6 heteroatoms. The topological polar surface area (TPSA) is 69.6 Å². The zero-order chi connectivity index (χ0) is 20.1. The van der Waals surface area contributed by atoms with E-state index in [0.717, 1.165) is 38.4 Å². The van der Waals surface area contributed by atoms with Crippen LogP contribution >= 0.6 is 0 Å². The van der Waals surface area contributed by atoms with Crippen LogP contribution in [0.25, 0.3) is 6.08 Å². The molecule has 2 aromatic rings. The molecular formula is C22H28N4O2. The number of nitrogens with zero attached hydrogens (tertiary/aromatic N) is 4. The molecule has 3 rings (SSSR count). The molecule has 1 aliphatic heterocycles. The maximum absolute atomic E-state index is 11.4. The van der Waals surface area contributed by atoms with Crippen molar-refractivity contribution in [3.8, 4) is 0 Å². The molecule has 2 heterocycles. The van der Waals surface area contributed by atoms with Crippen LogP contribution in [0, 0.1) is 0 Å². The molecule has 0 atom stereocenters. The predicted molar refractivity (Wildman–Crippen MR) is 112 cm³/mol. The highest BCUT2D eigenvalue weighted by molar-refractivity contribution is 5.83. The highest BCUT2D eigenvalue weighted by atomic mass is 16.4. The summed E-state index contributed by atoms with van der Waals surface area (Å²) in [4.78, 5) is 24.5. The minimum atomic E-state index is -1.09. The van der Waals surface area contributed by atoms with Gasteiger partial charge in [-0.1, -0.05) is 63.3 Å². The number of aromatic nitrogens is 2. The van der Waals surface area contributed by atoms with Crippen LogP contribution in [0.4, 0.5) is 5.82 Å². The van der Waals surface area contributed by atoms with Gasteiger partial charge in [-0.2, -0.15) is 0 Å². The number of hydrogen-bond acceptors (Lipinski definition) is 5. The zero-order valence-corrected chi connectivity index (χ0v) is 16.8. The summed E-state index contributed by atoms with van der Waals surface area (Å²) >= 11 is 0. The summed E-state index contributed by atoms with van der Waals surface area (Å²) in [6.45, 7) is 10.5. The summed E-state index contributed by atoms with van der Waals surface area (Å²) in [5.74, 6) is -0.510. The smallest absolute Gasteiger partial charge is 0.374 e.